The molecule has 7 heteroatoms. The lowest BCUT2D eigenvalue weighted by Gasteiger charge is -2.15. The highest BCUT2D eigenvalue weighted by molar-refractivity contribution is 5.94. The summed E-state index contributed by atoms with van der Waals surface area (Å²) in [4.78, 5) is 16.2. The lowest BCUT2D eigenvalue weighted by Crippen LogP contribution is -2.39. The molecule has 0 aliphatic carbocycles. The van der Waals surface area contributed by atoms with Crippen LogP contribution in [0.2, 0.25) is 0 Å². The fourth-order valence-corrected chi connectivity index (χ4v) is 1.66. The molecule has 21 heavy (non-hydrogen) atoms. The van der Waals surface area contributed by atoms with E-state index in [1.54, 1.807) is 18.3 Å². The SMILES string of the molecule is CCN[C@H](C)CNC(=O)c1ncccc1OC(C)C.Cl.Cl. The number of aromatic nitrogens is 1. The van der Waals surface area contributed by atoms with Crippen LogP contribution in [-0.4, -0.2) is 36.1 Å². The molecule has 0 aliphatic rings. The maximum Gasteiger partial charge on any atom is 0.273 e. The normalized spacial score (nSPS) is 11.1. The monoisotopic (exact) mass is 337 g/mol. The summed E-state index contributed by atoms with van der Waals surface area (Å²) in [5, 5.41) is 6.09. The van der Waals surface area contributed by atoms with Crippen molar-refractivity contribution in [1.82, 2.24) is 15.6 Å². The van der Waals surface area contributed by atoms with Gasteiger partial charge in [-0.2, -0.15) is 0 Å². The van der Waals surface area contributed by atoms with E-state index in [1.807, 2.05) is 27.7 Å². The summed E-state index contributed by atoms with van der Waals surface area (Å²) in [6.45, 7) is 9.33. The largest absolute Gasteiger partial charge is 0.489 e. The Bertz CT molecular complexity index is 417. The van der Waals surface area contributed by atoms with E-state index < -0.39 is 0 Å². The number of nitrogens with zero attached hydrogens (tertiary/aromatic N) is 1. The zero-order valence-electron chi connectivity index (χ0n) is 12.9. The Labute approximate surface area is 139 Å². The third-order valence-corrected chi connectivity index (χ3v) is 2.47. The molecule has 0 unspecified atom stereocenters. The minimum atomic E-state index is -0.207. The van der Waals surface area contributed by atoms with Gasteiger partial charge in [-0.1, -0.05) is 6.92 Å². The van der Waals surface area contributed by atoms with Crippen LogP contribution < -0.4 is 15.4 Å². The predicted octanol–water partition coefficient (Wildman–Crippen LogP) is 2.44. The van der Waals surface area contributed by atoms with E-state index in [1.165, 1.54) is 0 Å². The molecule has 0 saturated carbocycles. The highest BCUT2D eigenvalue weighted by Crippen LogP contribution is 2.16. The number of rotatable bonds is 7. The van der Waals surface area contributed by atoms with Gasteiger partial charge in [0.2, 0.25) is 0 Å². The van der Waals surface area contributed by atoms with E-state index in [2.05, 4.69) is 15.6 Å². The quantitative estimate of drug-likeness (QED) is 0.802. The summed E-state index contributed by atoms with van der Waals surface area (Å²) < 4.78 is 5.58. The van der Waals surface area contributed by atoms with Crippen LogP contribution in [0.5, 0.6) is 5.75 Å². The van der Waals surface area contributed by atoms with Gasteiger partial charge in [0.25, 0.3) is 5.91 Å². The summed E-state index contributed by atoms with van der Waals surface area (Å²) in [5.74, 6) is 0.312. The molecule has 122 valence electrons. The van der Waals surface area contributed by atoms with Crippen molar-refractivity contribution < 1.29 is 9.53 Å². The van der Waals surface area contributed by atoms with Crippen molar-refractivity contribution in [3.8, 4) is 5.75 Å². The van der Waals surface area contributed by atoms with Crippen LogP contribution in [0, 0.1) is 0 Å². The molecule has 1 heterocycles. The highest BCUT2D eigenvalue weighted by atomic mass is 35.5. The van der Waals surface area contributed by atoms with Crippen molar-refractivity contribution in [1.29, 1.82) is 0 Å². The minimum Gasteiger partial charge on any atom is -0.489 e. The number of hydrogen-bond donors (Lipinski definition) is 2. The van der Waals surface area contributed by atoms with Gasteiger partial charge >= 0.3 is 0 Å². The molecule has 0 spiro atoms. The van der Waals surface area contributed by atoms with Gasteiger partial charge in [0.1, 0.15) is 0 Å². The second-order valence-corrected chi connectivity index (χ2v) is 4.69. The molecule has 0 saturated heterocycles. The lowest BCUT2D eigenvalue weighted by atomic mass is 10.2. The maximum atomic E-state index is 12.1. The van der Waals surface area contributed by atoms with Crippen LogP contribution in [0.15, 0.2) is 18.3 Å². The molecule has 1 aromatic rings. The van der Waals surface area contributed by atoms with Crippen LogP contribution in [-0.2, 0) is 0 Å². The standard InChI is InChI=1S/C14H23N3O2.2ClH/c1-5-15-11(4)9-17-14(18)13-12(19-10(2)3)7-6-8-16-13;;/h6-8,10-11,15H,5,9H2,1-4H3,(H,17,18);2*1H/t11-;;/m1../s1. The zero-order valence-corrected chi connectivity index (χ0v) is 14.5. The number of carbonyl (C=O) groups excluding carboxylic acids is 1. The summed E-state index contributed by atoms with van der Waals surface area (Å²) >= 11 is 0. The summed E-state index contributed by atoms with van der Waals surface area (Å²) in [5.41, 5.74) is 0.333. The van der Waals surface area contributed by atoms with Crippen molar-refractivity contribution in [3.63, 3.8) is 0 Å². The van der Waals surface area contributed by atoms with E-state index in [0.717, 1.165) is 6.54 Å². The van der Waals surface area contributed by atoms with Gasteiger partial charge in [0.05, 0.1) is 6.10 Å². The second-order valence-electron chi connectivity index (χ2n) is 4.69. The van der Waals surface area contributed by atoms with Crippen molar-refractivity contribution in [2.75, 3.05) is 13.1 Å². The van der Waals surface area contributed by atoms with Crippen LogP contribution in [0.25, 0.3) is 0 Å². The average Bonchev–Trinajstić information content (AvgIpc) is 2.36. The second kappa shape index (κ2) is 11.6. The van der Waals surface area contributed by atoms with Gasteiger partial charge in [-0.05, 0) is 39.4 Å². The molecule has 1 aromatic heterocycles. The van der Waals surface area contributed by atoms with Gasteiger partial charge in [-0.15, -0.1) is 24.8 Å². The van der Waals surface area contributed by atoms with Gasteiger partial charge in [0.15, 0.2) is 11.4 Å². The molecule has 1 rings (SSSR count). The molecule has 2 N–H and O–H groups in total. The number of likely N-dealkylation sites (N-methyl/N-ethyl adjacent to an activating group) is 1. The third kappa shape index (κ3) is 8.09. The topological polar surface area (TPSA) is 63.2 Å². The first-order chi connectivity index (χ1) is 9.04. The van der Waals surface area contributed by atoms with Crippen LogP contribution >= 0.6 is 24.8 Å². The minimum absolute atomic E-state index is 0. The maximum absolute atomic E-state index is 12.1. The Morgan fingerprint density at radius 3 is 2.57 bits per heavy atom. The number of ether oxygens (including phenoxy) is 1. The first-order valence-corrected chi connectivity index (χ1v) is 6.67. The first kappa shape index (κ1) is 22.2. The molecule has 0 bridgehead atoms. The number of halogens is 2. The van der Waals surface area contributed by atoms with Crippen molar-refractivity contribution >= 4 is 30.7 Å². The molecule has 1 atom stereocenters. The Kier molecular flexibility index (Phi) is 12.3. The molecule has 0 aliphatic heterocycles. The van der Waals surface area contributed by atoms with E-state index >= 15 is 0 Å². The molecule has 0 fully saturated rings. The van der Waals surface area contributed by atoms with Gasteiger partial charge in [-0.3, -0.25) is 4.79 Å². The molecule has 5 nitrogen and oxygen atoms in total. The van der Waals surface area contributed by atoms with Crippen LogP contribution in [0.1, 0.15) is 38.2 Å². The smallest absolute Gasteiger partial charge is 0.273 e. The van der Waals surface area contributed by atoms with Gasteiger partial charge < -0.3 is 15.4 Å². The third-order valence-electron chi connectivity index (χ3n) is 2.47. The molecular weight excluding hydrogens is 313 g/mol. The Balaban J connectivity index is 0. The van der Waals surface area contributed by atoms with Crippen molar-refractivity contribution in [2.24, 2.45) is 0 Å². The highest BCUT2D eigenvalue weighted by Gasteiger charge is 2.15. The van der Waals surface area contributed by atoms with E-state index in [0.29, 0.717) is 18.0 Å². The molecule has 1 amide bonds. The van der Waals surface area contributed by atoms with E-state index in [9.17, 15) is 4.79 Å². The zero-order chi connectivity index (χ0) is 14.3. The van der Waals surface area contributed by atoms with E-state index in [-0.39, 0.29) is 42.9 Å². The van der Waals surface area contributed by atoms with Crippen LogP contribution in [0.4, 0.5) is 0 Å². The fraction of sp³-hybridized carbons (Fsp3) is 0.571. The summed E-state index contributed by atoms with van der Waals surface area (Å²) in [6.07, 6.45) is 1.60. The number of nitrogens with one attached hydrogen (secondary N) is 2. The summed E-state index contributed by atoms with van der Waals surface area (Å²) in [6, 6.07) is 3.75. The Morgan fingerprint density at radius 1 is 1.33 bits per heavy atom. The fourth-order valence-electron chi connectivity index (χ4n) is 1.66. The first-order valence-electron chi connectivity index (χ1n) is 6.67. The van der Waals surface area contributed by atoms with Crippen LogP contribution in [0.3, 0.4) is 0 Å². The Hall–Kier alpha value is -1.04. The van der Waals surface area contributed by atoms with Gasteiger partial charge in [0, 0.05) is 18.8 Å². The van der Waals surface area contributed by atoms with Crippen molar-refractivity contribution in [3.05, 3.63) is 24.0 Å². The summed E-state index contributed by atoms with van der Waals surface area (Å²) in [7, 11) is 0. The lowest BCUT2D eigenvalue weighted by molar-refractivity contribution is 0.0938. The number of carbonyl (C=O) groups is 1. The van der Waals surface area contributed by atoms with Crippen molar-refractivity contribution in [2.45, 2.75) is 39.8 Å². The molecule has 0 aromatic carbocycles. The van der Waals surface area contributed by atoms with Gasteiger partial charge in [-0.25, -0.2) is 4.98 Å². The number of amides is 1. The number of pyridine rings is 1. The molecular formula is C14H25Cl2N3O2. The van der Waals surface area contributed by atoms with E-state index in [4.69, 9.17) is 4.74 Å². The number of hydrogen-bond acceptors (Lipinski definition) is 4. The predicted molar refractivity (Wildman–Crippen MR) is 90.0 cm³/mol. The average molecular weight is 338 g/mol. The Morgan fingerprint density at radius 2 is 2.00 bits per heavy atom. The molecule has 0 radical (unpaired) electrons.